The van der Waals surface area contributed by atoms with E-state index in [4.69, 9.17) is 0 Å². The topological polar surface area (TPSA) is 69.7 Å². The molecule has 2 aromatic rings. The average molecular weight is 438 g/mol. The van der Waals surface area contributed by atoms with Gasteiger partial charge in [-0.15, -0.1) is 11.8 Å². The molecule has 0 aliphatic carbocycles. The predicted octanol–water partition coefficient (Wildman–Crippen LogP) is 3.97. The first-order chi connectivity index (χ1) is 14.9. The van der Waals surface area contributed by atoms with Gasteiger partial charge in [0.1, 0.15) is 6.04 Å². The first-order valence-electron chi connectivity index (χ1n) is 10.6. The molecule has 2 saturated heterocycles. The largest absolute Gasteiger partial charge is 0.324 e. The Morgan fingerprint density at radius 3 is 2.52 bits per heavy atom. The quantitative estimate of drug-likeness (QED) is 0.786. The number of piperidine rings is 1. The van der Waals surface area contributed by atoms with E-state index in [1.807, 2.05) is 44.2 Å². The summed E-state index contributed by atoms with van der Waals surface area (Å²) in [6, 6.07) is 12.4. The molecule has 4 rings (SSSR count). The fourth-order valence-electron chi connectivity index (χ4n) is 3.93. The van der Waals surface area contributed by atoms with Gasteiger partial charge in [-0.25, -0.2) is 0 Å². The van der Waals surface area contributed by atoms with Gasteiger partial charge in [-0.2, -0.15) is 0 Å². The maximum absolute atomic E-state index is 13.1. The number of aryl methyl sites for hydroxylation is 2. The Bertz CT molecular complexity index is 1010. The SMILES string of the molecule is Cc1ccc(NC(=O)C2CSCN2C(=O)c2ccc(N3CCCCC3=O)cc2)cc1C. The van der Waals surface area contributed by atoms with E-state index in [2.05, 4.69) is 5.32 Å². The Morgan fingerprint density at radius 1 is 1.03 bits per heavy atom. The van der Waals surface area contributed by atoms with Crippen molar-refractivity contribution in [3.8, 4) is 0 Å². The minimum Gasteiger partial charge on any atom is -0.324 e. The smallest absolute Gasteiger partial charge is 0.255 e. The molecule has 1 atom stereocenters. The van der Waals surface area contributed by atoms with Gasteiger partial charge < -0.3 is 15.1 Å². The summed E-state index contributed by atoms with van der Waals surface area (Å²) < 4.78 is 0. The molecule has 6 nitrogen and oxygen atoms in total. The van der Waals surface area contributed by atoms with Crippen molar-refractivity contribution in [1.29, 1.82) is 0 Å². The highest BCUT2D eigenvalue weighted by molar-refractivity contribution is 7.99. The van der Waals surface area contributed by atoms with Crippen molar-refractivity contribution in [2.24, 2.45) is 0 Å². The molecule has 162 valence electrons. The van der Waals surface area contributed by atoms with E-state index in [0.29, 0.717) is 23.6 Å². The lowest BCUT2D eigenvalue weighted by molar-refractivity contribution is -0.120. The van der Waals surface area contributed by atoms with Crippen molar-refractivity contribution in [2.45, 2.75) is 39.2 Å². The molecule has 2 fully saturated rings. The van der Waals surface area contributed by atoms with Crippen LogP contribution < -0.4 is 10.2 Å². The van der Waals surface area contributed by atoms with Gasteiger partial charge in [-0.3, -0.25) is 14.4 Å². The molecule has 2 aliphatic heterocycles. The number of rotatable bonds is 4. The van der Waals surface area contributed by atoms with Gasteiger partial charge in [0.25, 0.3) is 5.91 Å². The Kier molecular flexibility index (Phi) is 6.32. The van der Waals surface area contributed by atoms with Crippen LogP contribution in [-0.4, -0.2) is 46.8 Å². The van der Waals surface area contributed by atoms with Crippen LogP contribution in [0.25, 0.3) is 0 Å². The number of nitrogens with one attached hydrogen (secondary N) is 1. The van der Waals surface area contributed by atoms with Crippen LogP contribution in [0.3, 0.4) is 0 Å². The third-order valence-electron chi connectivity index (χ3n) is 5.97. The van der Waals surface area contributed by atoms with E-state index in [1.54, 1.807) is 33.7 Å². The van der Waals surface area contributed by atoms with Crippen LogP contribution >= 0.6 is 11.8 Å². The van der Waals surface area contributed by atoms with Gasteiger partial charge in [-0.05, 0) is 74.2 Å². The zero-order valence-electron chi connectivity index (χ0n) is 17.9. The fourth-order valence-corrected chi connectivity index (χ4v) is 5.09. The number of carbonyl (C=O) groups is 3. The summed E-state index contributed by atoms with van der Waals surface area (Å²) in [6.07, 6.45) is 2.50. The normalized spacial score (nSPS) is 18.9. The first kappa shape index (κ1) is 21.4. The van der Waals surface area contributed by atoms with E-state index in [9.17, 15) is 14.4 Å². The van der Waals surface area contributed by atoms with Gasteiger partial charge >= 0.3 is 0 Å². The van der Waals surface area contributed by atoms with Crippen molar-refractivity contribution >= 4 is 40.9 Å². The summed E-state index contributed by atoms with van der Waals surface area (Å²) in [5, 5.41) is 2.95. The summed E-state index contributed by atoms with van der Waals surface area (Å²) in [5.41, 5.74) is 4.37. The second-order valence-electron chi connectivity index (χ2n) is 8.13. The minimum atomic E-state index is -0.512. The number of anilines is 2. The monoisotopic (exact) mass is 437 g/mol. The van der Waals surface area contributed by atoms with Gasteiger partial charge in [0, 0.05) is 35.7 Å². The van der Waals surface area contributed by atoms with E-state index in [0.717, 1.165) is 36.3 Å². The lowest BCUT2D eigenvalue weighted by Gasteiger charge is -2.27. The number of hydrogen-bond acceptors (Lipinski definition) is 4. The molecule has 0 saturated carbocycles. The summed E-state index contributed by atoms with van der Waals surface area (Å²) in [7, 11) is 0. The lowest BCUT2D eigenvalue weighted by Crippen LogP contribution is -2.44. The van der Waals surface area contributed by atoms with Crippen molar-refractivity contribution in [2.75, 3.05) is 28.4 Å². The van der Waals surface area contributed by atoms with E-state index in [1.165, 1.54) is 5.56 Å². The van der Waals surface area contributed by atoms with Crippen LogP contribution in [0.4, 0.5) is 11.4 Å². The van der Waals surface area contributed by atoms with E-state index in [-0.39, 0.29) is 17.7 Å². The van der Waals surface area contributed by atoms with Gasteiger partial charge in [-0.1, -0.05) is 6.07 Å². The molecular weight excluding hydrogens is 410 g/mol. The zero-order chi connectivity index (χ0) is 22.0. The van der Waals surface area contributed by atoms with E-state index < -0.39 is 6.04 Å². The molecule has 2 aromatic carbocycles. The van der Waals surface area contributed by atoms with Crippen LogP contribution in [0.1, 0.15) is 40.7 Å². The minimum absolute atomic E-state index is 0.129. The Hall–Kier alpha value is -2.80. The molecule has 31 heavy (non-hydrogen) atoms. The van der Waals surface area contributed by atoms with Gasteiger partial charge in [0.2, 0.25) is 11.8 Å². The molecule has 0 radical (unpaired) electrons. The molecule has 0 aromatic heterocycles. The van der Waals surface area contributed by atoms with Crippen molar-refractivity contribution in [1.82, 2.24) is 4.90 Å². The number of thioether (sulfide) groups is 1. The Morgan fingerprint density at radius 2 is 1.81 bits per heavy atom. The average Bonchev–Trinajstić information content (AvgIpc) is 3.26. The number of nitrogens with zero attached hydrogens (tertiary/aromatic N) is 2. The highest BCUT2D eigenvalue weighted by Gasteiger charge is 2.35. The molecule has 3 amide bonds. The van der Waals surface area contributed by atoms with Crippen molar-refractivity contribution in [3.63, 3.8) is 0 Å². The molecule has 1 N–H and O–H groups in total. The lowest BCUT2D eigenvalue weighted by atomic mass is 10.1. The Balaban J connectivity index is 1.45. The fraction of sp³-hybridized carbons (Fsp3) is 0.375. The summed E-state index contributed by atoms with van der Waals surface area (Å²) in [5.74, 6) is 0.849. The third kappa shape index (κ3) is 4.61. The molecule has 0 spiro atoms. The van der Waals surface area contributed by atoms with Crippen LogP contribution in [0, 0.1) is 13.8 Å². The molecule has 0 bridgehead atoms. The van der Waals surface area contributed by atoms with Crippen LogP contribution in [0.2, 0.25) is 0 Å². The molecule has 2 aliphatic rings. The van der Waals surface area contributed by atoms with Crippen LogP contribution in [-0.2, 0) is 9.59 Å². The second-order valence-corrected chi connectivity index (χ2v) is 9.13. The number of carbonyl (C=O) groups excluding carboxylic acids is 3. The molecule has 7 heteroatoms. The second kappa shape index (κ2) is 9.14. The van der Waals surface area contributed by atoms with Crippen LogP contribution in [0.5, 0.6) is 0 Å². The highest BCUT2D eigenvalue weighted by atomic mass is 32.2. The Labute approximate surface area is 187 Å². The van der Waals surface area contributed by atoms with E-state index >= 15 is 0 Å². The number of benzene rings is 2. The van der Waals surface area contributed by atoms with Gasteiger partial charge in [0.15, 0.2) is 0 Å². The predicted molar refractivity (Wildman–Crippen MR) is 124 cm³/mol. The molecular formula is C24H27N3O3S. The van der Waals surface area contributed by atoms with Gasteiger partial charge in [0.05, 0.1) is 5.88 Å². The standard InChI is InChI=1S/C24H27N3O3S/c1-16-6-9-19(13-17(16)2)25-23(29)21-14-31-15-27(21)24(30)18-7-10-20(11-8-18)26-12-4-3-5-22(26)28/h6-11,13,21H,3-5,12,14-15H2,1-2H3,(H,25,29). The number of hydrogen-bond donors (Lipinski definition) is 1. The van der Waals surface area contributed by atoms with Crippen molar-refractivity contribution < 1.29 is 14.4 Å². The summed E-state index contributed by atoms with van der Waals surface area (Å²) >= 11 is 1.58. The first-order valence-corrected chi connectivity index (χ1v) is 11.8. The maximum atomic E-state index is 13.1. The summed E-state index contributed by atoms with van der Waals surface area (Å²) in [6.45, 7) is 4.75. The maximum Gasteiger partial charge on any atom is 0.255 e. The molecule has 1 unspecified atom stereocenters. The number of amides is 3. The highest BCUT2D eigenvalue weighted by Crippen LogP contribution is 2.26. The summed E-state index contributed by atoms with van der Waals surface area (Å²) in [4.78, 5) is 41.6. The van der Waals surface area contributed by atoms with Crippen molar-refractivity contribution in [3.05, 3.63) is 59.2 Å². The third-order valence-corrected chi connectivity index (χ3v) is 6.98. The molecule has 2 heterocycles. The zero-order valence-corrected chi connectivity index (χ0v) is 18.7. The van der Waals surface area contributed by atoms with Crippen LogP contribution in [0.15, 0.2) is 42.5 Å².